The molecule has 5 atom stereocenters. The Morgan fingerprint density at radius 3 is 2.45 bits per heavy atom. The number of aliphatic hydroxyl groups is 1. The number of ether oxygens (including phenoxy) is 2. The SMILES string of the molecule is C[C@H]1[C@H]([Si](C)(C)O)[C@@H](CCn2cc([C@H](O)c3ccccc3)nn2)O[C@]12C(=O)N(Cc1ccc(N3CCOC3=O)cc1)c1ccccc12. The van der Waals surface area contributed by atoms with Crippen molar-refractivity contribution < 1.29 is 29.0 Å². The van der Waals surface area contributed by atoms with E-state index in [1.165, 1.54) is 0 Å². The molecule has 2 fully saturated rings. The lowest BCUT2D eigenvalue weighted by Gasteiger charge is -2.32. The number of aromatic nitrogens is 3. The number of carbonyl (C=O) groups excluding carboxylic acids is 2. The molecule has 2 saturated heterocycles. The number of rotatable bonds is 9. The van der Waals surface area contributed by atoms with E-state index in [0.717, 1.165) is 28.1 Å². The number of para-hydroxylation sites is 1. The van der Waals surface area contributed by atoms with Crippen molar-refractivity contribution in [3.8, 4) is 0 Å². The summed E-state index contributed by atoms with van der Waals surface area (Å²) in [5.74, 6) is -0.425. The van der Waals surface area contributed by atoms with Crippen LogP contribution in [-0.4, -0.2) is 64.5 Å². The summed E-state index contributed by atoms with van der Waals surface area (Å²) in [6.07, 6.45) is 0.592. The number of cyclic esters (lactones) is 1. The first kappa shape index (κ1) is 31.2. The lowest BCUT2D eigenvalue weighted by Crippen LogP contribution is -2.46. The molecule has 3 aromatic carbocycles. The van der Waals surface area contributed by atoms with Gasteiger partial charge in [-0.3, -0.25) is 14.4 Å². The standard InChI is InChI=1S/C35H39N5O6Si/c1-23-32(47(2,3)44)30(17-18-38-22-28(36-37-38)31(41)25-9-5-4-6-10-25)46-35(23)27-11-7-8-12-29(27)40(33(35)42)21-24-13-15-26(16-14-24)39-19-20-45-34(39)43/h4-16,22-23,30-32,41,44H,17-21H2,1-3H3/t23-,30+,31+,32-,35+/m0/s1. The normalized spacial score (nSPS) is 24.7. The van der Waals surface area contributed by atoms with Crippen molar-refractivity contribution in [1.29, 1.82) is 0 Å². The molecular formula is C35H39N5O6Si. The third-order valence-electron chi connectivity index (χ3n) is 9.84. The maximum atomic E-state index is 14.6. The van der Waals surface area contributed by atoms with Gasteiger partial charge in [-0.25, -0.2) is 4.79 Å². The summed E-state index contributed by atoms with van der Waals surface area (Å²) in [4.78, 5) is 41.6. The number of nitrogens with zero attached hydrogens (tertiary/aromatic N) is 5. The minimum absolute atomic E-state index is 0.141. The average Bonchev–Trinajstić information content (AvgIpc) is 3.83. The molecule has 12 heteroatoms. The maximum absolute atomic E-state index is 14.6. The highest BCUT2D eigenvalue weighted by Gasteiger charge is 2.66. The van der Waals surface area contributed by atoms with Gasteiger partial charge in [0.2, 0.25) is 0 Å². The van der Waals surface area contributed by atoms with E-state index < -0.39 is 26.1 Å². The van der Waals surface area contributed by atoms with Gasteiger partial charge in [0.25, 0.3) is 5.91 Å². The van der Waals surface area contributed by atoms with Gasteiger partial charge in [0, 0.05) is 29.3 Å². The molecule has 0 radical (unpaired) electrons. The molecule has 7 rings (SSSR count). The fraction of sp³-hybridized carbons (Fsp3) is 0.371. The van der Waals surface area contributed by atoms with Gasteiger partial charge in [-0.1, -0.05) is 72.8 Å². The maximum Gasteiger partial charge on any atom is 0.414 e. The average molecular weight is 654 g/mol. The zero-order valence-electron chi connectivity index (χ0n) is 26.7. The van der Waals surface area contributed by atoms with Crippen molar-refractivity contribution in [2.24, 2.45) is 5.92 Å². The van der Waals surface area contributed by atoms with E-state index in [1.54, 1.807) is 20.7 Å². The largest absolute Gasteiger partial charge is 0.447 e. The minimum Gasteiger partial charge on any atom is -0.447 e. The van der Waals surface area contributed by atoms with Crippen molar-refractivity contribution in [2.45, 2.75) is 62.9 Å². The second-order valence-corrected chi connectivity index (χ2v) is 17.2. The number of anilines is 2. The Bertz CT molecular complexity index is 1780. The number of benzene rings is 3. The van der Waals surface area contributed by atoms with Crippen molar-refractivity contribution in [3.63, 3.8) is 0 Å². The fourth-order valence-electron chi connectivity index (χ4n) is 7.66. The van der Waals surface area contributed by atoms with Gasteiger partial charge in [-0.2, -0.15) is 0 Å². The second kappa shape index (κ2) is 12.0. The van der Waals surface area contributed by atoms with Crippen LogP contribution in [0.1, 0.15) is 41.8 Å². The first-order valence-electron chi connectivity index (χ1n) is 16.1. The Labute approximate surface area is 274 Å². The third kappa shape index (κ3) is 5.44. The van der Waals surface area contributed by atoms with Crippen molar-refractivity contribution >= 4 is 31.7 Å². The van der Waals surface area contributed by atoms with E-state index in [4.69, 9.17) is 9.47 Å². The number of aliphatic hydroxyl groups excluding tert-OH is 1. The molecule has 2 N–H and O–H groups in total. The number of carbonyl (C=O) groups is 2. The topological polar surface area (TPSA) is 130 Å². The summed E-state index contributed by atoms with van der Waals surface area (Å²) in [6, 6.07) is 24.7. The van der Waals surface area contributed by atoms with Gasteiger partial charge in [0.05, 0.1) is 31.1 Å². The van der Waals surface area contributed by atoms with Crippen LogP contribution in [0, 0.1) is 5.92 Å². The zero-order chi connectivity index (χ0) is 32.9. The zero-order valence-corrected chi connectivity index (χ0v) is 27.7. The second-order valence-electron chi connectivity index (χ2n) is 13.2. The first-order chi connectivity index (χ1) is 22.6. The van der Waals surface area contributed by atoms with Gasteiger partial charge in [-0.15, -0.1) is 5.10 Å². The third-order valence-corrected chi connectivity index (χ3v) is 12.3. The smallest absolute Gasteiger partial charge is 0.414 e. The predicted octanol–water partition coefficient (Wildman–Crippen LogP) is 4.75. The molecule has 1 aromatic heterocycles. The summed E-state index contributed by atoms with van der Waals surface area (Å²) in [7, 11) is -2.83. The van der Waals surface area contributed by atoms with E-state index in [1.807, 2.05) is 98.9 Å². The van der Waals surface area contributed by atoms with E-state index in [2.05, 4.69) is 10.3 Å². The summed E-state index contributed by atoms with van der Waals surface area (Å²) in [5.41, 5.74) is 2.99. The van der Waals surface area contributed by atoms with Gasteiger partial charge in [-0.05, 0) is 48.8 Å². The molecule has 1 spiro atoms. The van der Waals surface area contributed by atoms with Crippen LogP contribution in [0.25, 0.3) is 0 Å². The van der Waals surface area contributed by atoms with Crippen molar-refractivity contribution in [3.05, 3.63) is 107 Å². The number of hydrogen-bond donors (Lipinski definition) is 2. The molecule has 0 unspecified atom stereocenters. The van der Waals surface area contributed by atoms with Gasteiger partial charge < -0.3 is 24.3 Å². The van der Waals surface area contributed by atoms with E-state index in [9.17, 15) is 19.5 Å². The Morgan fingerprint density at radius 1 is 1.02 bits per heavy atom. The minimum atomic E-state index is -2.83. The first-order valence-corrected chi connectivity index (χ1v) is 19.1. The van der Waals surface area contributed by atoms with Crippen molar-refractivity contribution in [1.82, 2.24) is 15.0 Å². The van der Waals surface area contributed by atoms with Crippen LogP contribution >= 0.6 is 0 Å². The van der Waals surface area contributed by atoms with Crippen molar-refractivity contribution in [2.75, 3.05) is 23.0 Å². The predicted molar refractivity (Wildman–Crippen MR) is 177 cm³/mol. The van der Waals surface area contributed by atoms with Crippen LogP contribution in [-0.2, 0) is 33.0 Å². The fourth-order valence-corrected chi connectivity index (χ4v) is 10.3. The molecule has 4 heterocycles. The van der Waals surface area contributed by atoms with E-state index >= 15 is 0 Å². The van der Waals surface area contributed by atoms with Crippen LogP contribution in [0.4, 0.5) is 16.2 Å². The molecule has 0 saturated carbocycles. The Morgan fingerprint density at radius 2 is 1.74 bits per heavy atom. The molecule has 4 aromatic rings. The monoisotopic (exact) mass is 653 g/mol. The molecule has 0 aliphatic carbocycles. The van der Waals surface area contributed by atoms with E-state index in [-0.39, 0.29) is 23.5 Å². The highest BCUT2D eigenvalue weighted by atomic mass is 28.4. The number of amides is 2. The summed E-state index contributed by atoms with van der Waals surface area (Å²) < 4.78 is 13.7. The van der Waals surface area contributed by atoms with E-state index in [0.29, 0.717) is 38.4 Å². The quantitative estimate of drug-likeness (QED) is 0.248. The number of hydrogen-bond acceptors (Lipinski definition) is 8. The molecule has 3 aliphatic rings. The molecule has 244 valence electrons. The molecule has 11 nitrogen and oxygen atoms in total. The lowest BCUT2D eigenvalue weighted by molar-refractivity contribution is -0.146. The van der Waals surface area contributed by atoms with Gasteiger partial charge >= 0.3 is 6.09 Å². The molecular weight excluding hydrogens is 614 g/mol. The summed E-state index contributed by atoms with van der Waals surface area (Å²) in [5, 5.41) is 19.3. The Balaban J connectivity index is 1.13. The summed E-state index contributed by atoms with van der Waals surface area (Å²) in [6.45, 7) is 7.50. The van der Waals surface area contributed by atoms with Crippen LogP contribution in [0.2, 0.25) is 18.6 Å². The summed E-state index contributed by atoms with van der Waals surface area (Å²) >= 11 is 0. The lowest BCUT2D eigenvalue weighted by atomic mass is 9.82. The van der Waals surface area contributed by atoms with Gasteiger partial charge in [0.15, 0.2) is 13.9 Å². The number of aryl methyl sites for hydroxylation is 1. The highest BCUT2D eigenvalue weighted by Crippen LogP contribution is 2.59. The molecule has 0 bridgehead atoms. The molecule has 47 heavy (non-hydrogen) atoms. The van der Waals surface area contributed by atoms with Gasteiger partial charge in [0.1, 0.15) is 18.4 Å². The Kier molecular flexibility index (Phi) is 7.99. The number of fused-ring (bicyclic) bond motifs is 2. The van der Waals surface area contributed by atoms with Crippen LogP contribution in [0.5, 0.6) is 0 Å². The van der Waals surface area contributed by atoms with Crippen LogP contribution in [0.3, 0.4) is 0 Å². The molecule has 2 amide bonds. The van der Waals surface area contributed by atoms with Crippen LogP contribution < -0.4 is 9.80 Å². The molecule has 3 aliphatic heterocycles. The van der Waals surface area contributed by atoms with Crippen LogP contribution in [0.15, 0.2) is 85.1 Å². The Hall–Kier alpha value is -4.36. The highest BCUT2D eigenvalue weighted by molar-refractivity contribution is 6.71.